The molecular weight excluding hydrogens is 374 g/mol. The molecule has 1 aliphatic heterocycles. The molecule has 1 saturated heterocycles. The number of hydrogen-bond acceptors (Lipinski definition) is 4. The van der Waals surface area contributed by atoms with E-state index in [2.05, 4.69) is 0 Å². The molecule has 4 nitrogen and oxygen atoms in total. The molecule has 30 heavy (non-hydrogen) atoms. The lowest BCUT2D eigenvalue weighted by Gasteiger charge is -2.44. The number of aliphatic hydroxyl groups is 2. The minimum absolute atomic E-state index is 0.153. The zero-order chi connectivity index (χ0) is 20.5. The normalized spacial score (nSPS) is 31.4. The molecule has 4 heteroatoms. The van der Waals surface area contributed by atoms with Crippen LogP contribution in [0.5, 0.6) is 0 Å². The number of benzene rings is 4. The number of carbonyl (C=O) groups excluding carboxylic acids is 1. The Morgan fingerprint density at radius 3 is 2.03 bits per heavy atom. The van der Waals surface area contributed by atoms with Crippen molar-refractivity contribution in [2.24, 2.45) is 0 Å². The van der Waals surface area contributed by atoms with Crippen molar-refractivity contribution in [3.05, 3.63) is 95.1 Å². The third kappa shape index (κ3) is 1.38. The van der Waals surface area contributed by atoms with Gasteiger partial charge in [-0.15, -0.1) is 0 Å². The van der Waals surface area contributed by atoms with Crippen molar-refractivity contribution in [1.82, 2.24) is 4.90 Å². The van der Waals surface area contributed by atoms with Crippen LogP contribution in [0.15, 0.2) is 72.8 Å². The quantitative estimate of drug-likeness (QED) is 0.481. The first-order valence-corrected chi connectivity index (χ1v) is 10.2. The first-order valence-electron chi connectivity index (χ1n) is 10.2. The number of hydrogen-bond donors (Lipinski definition) is 2. The lowest BCUT2D eigenvalue weighted by Crippen LogP contribution is -2.59. The van der Waals surface area contributed by atoms with Gasteiger partial charge < -0.3 is 10.2 Å². The van der Waals surface area contributed by atoms with Gasteiger partial charge in [-0.25, -0.2) is 0 Å². The maximum atomic E-state index is 14.2. The molecule has 2 aliphatic carbocycles. The fourth-order valence-corrected chi connectivity index (χ4v) is 6.72. The van der Waals surface area contributed by atoms with Gasteiger partial charge in [-0.05, 0) is 45.3 Å². The summed E-state index contributed by atoms with van der Waals surface area (Å²) >= 11 is 0. The number of rotatable bonds is 0. The zero-order valence-electron chi connectivity index (χ0n) is 16.4. The summed E-state index contributed by atoms with van der Waals surface area (Å²) in [6.45, 7) is 0.160. The minimum atomic E-state index is -1.80. The fourth-order valence-electron chi connectivity index (χ4n) is 6.72. The van der Waals surface area contributed by atoms with Crippen molar-refractivity contribution < 1.29 is 15.0 Å². The van der Waals surface area contributed by atoms with Crippen molar-refractivity contribution >= 4 is 27.3 Å². The number of Topliss-reactive ketones (excluding diaryl/α,β-unsaturated/α-hetero) is 1. The molecule has 3 aliphatic rings. The zero-order valence-corrected chi connectivity index (χ0v) is 16.4. The van der Waals surface area contributed by atoms with E-state index >= 15 is 0 Å². The molecule has 1 fully saturated rings. The van der Waals surface area contributed by atoms with Crippen molar-refractivity contribution in [2.45, 2.75) is 16.7 Å². The van der Waals surface area contributed by atoms with Crippen LogP contribution in [0.3, 0.4) is 0 Å². The third-order valence-corrected chi connectivity index (χ3v) is 7.77. The van der Waals surface area contributed by atoms with Crippen LogP contribution < -0.4 is 0 Å². The van der Waals surface area contributed by atoms with Crippen molar-refractivity contribution in [1.29, 1.82) is 0 Å². The standard InChI is InChI=1S/C26H19NO3/c1-27-14-24(29)18-11-3-8-16-9-5-13-20(22(16)18)26(24,30)25(27)19-12-4-7-15-6-2-10-17(21(15)19)23(25)28/h2-13,29-30H,14H2,1H3/t24-,25?,26+/m1/s1. The Labute approximate surface area is 173 Å². The highest BCUT2D eigenvalue weighted by atomic mass is 16.4. The largest absolute Gasteiger partial charge is 0.380 e. The van der Waals surface area contributed by atoms with Gasteiger partial charge in [-0.1, -0.05) is 72.8 Å². The molecule has 1 unspecified atom stereocenters. The second-order valence-electron chi connectivity index (χ2n) is 8.88. The molecule has 3 atom stereocenters. The monoisotopic (exact) mass is 393 g/mol. The molecule has 4 aromatic rings. The van der Waals surface area contributed by atoms with Gasteiger partial charge >= 0.3 is 0 Å². The third-order valence-electron chi connectivity index (χ3n) is 7.77. The van der Waals surface area contributed by atoms with Crippen LogP contribution in [-0.2, 0) is 16.7 Å². The van der Waals surface area contributed by atoms with Crippen LogP contribution in [-0.4, -0.2) is 34.5 Å². The topological polar surface area (TPSA) is 60.8 Å². The second-order valence-corrected chi connectivity index (χ2v) is 8.88. The number of carbonyl (C=O) groups is 1. The van der Waals surface area contributed by atoms with E-state index in [0.717, 1.165) is 27.1 Å². The second kappa shape index (κ2) is 4.81. The maximum Gasteiger partial charge on any atom is 0.191 e. The van der Waals surface area contributed by atoms with E-state index in [-0.39, 0.29) is 12.3 Å². The summed E-state index contributed by atoms with van der Waals surface area (Å²) in [4.78, 5) is 16.0. The summed E-state index contributed by atoms with van der Waals surface area (Å²) in [7, 11) is 1.83. The SMILES string of the molecule is CN1C[C@@]2(O)c3cccc4cccc(c34)[C@@]2(O)C12C(=O)c1cccc3cccc2c13. The van der Waals surface area contributed by atoms with E-state index in [4.69, 9.17) is 0 Å². The van der Waals surface area contributed by atoms with Gasteiger partial charge in [-0.3, -0.25) is 9.69 Å². The van der Waals surface area contributed by atoms with Gasteiger partial charge in [0.05, 0.1) is 0 Å². The predicted molar refractivity (Wildman–Crippen MR) is 114 cm³/mol. The lowest BCUT2D eigenvalue weighted by atomic mass is 9.67. The number of fused-ring (bicyclic) bond motifs is 5. The van der Waals surface area contributed by atoms with E-state index in [1.165, 1.54) is 0 Å². The number of likely N-dealkylation sites (tertiary alicyclic amines) is 1. The highest BCUT2D eigenvalue weighted by Gasteiger charge is 2.78. The first-order chi connectivity index (χ1) is 14.5. The first kappa shape index (κ1) is 16.7. The lowest BCUT2D eigenvalue weighted by molar-refractivity contribution is -0.154. The Hall–Kier alpha value is -3.05. The van der Waals surface area contributed by atoms with Crippen LogP contribution in [0.4, 0.5) is 0 Å². The molecule has 0 amide bonds. The fraction of sp³-hybridized carbons (Fsp3) is 0.192. The number of likely N-dealkylation sites (N-methyl/N-ethyl adjacent to an activating group) is 1. The average molecular weight is 393 g/mol. The molecule has 1 spiro atoms. The summed E-state index contributed by atoms with van der Waals surface area (Å²) in [6.07, 6.45) is 0. The van der Waals surface area contributed by atoms with Crippen LogP contribution in [0.2, 0.25) is 0 Å². The van der Waals surface area contributed by atoms with Crippen LogP contribution in [0, 0.1) is 0 Å². The molecular formula is C26H19NO3. The molecule has 0 aromatic heterocycles. The summed E-state index contributed by atoms with van der Waals surface area (Å²) in [5.74, 6) is -0.153. The predicted octanol–water partition coefficient (Wildman–Crippen LogP) is 3.42. The van der Waals surface area contributed by atoms with E-state index in [1.54, 1.807) is 0 Å². The molecule has 0 radical (unpaired) electrons. The van der Waals surface area contributed by atoms with Crippen molar-refractivity contribution in [3.63, 3.8) is 0 Å². The van der Waals surface area contributed by atoms with E-state index in [0.29, 0.717) is 16.7 Å². The van der Waals surface area contributed by atoms with Crippen molar-refractivity contribution in [2.75, 3.05) is 13.6 Å². The highest BCUT2D eigenvalue weighted by molar-refractivity contribution is 6.21. The summed E-state index contributed by atoms with van der Waals surface area (Å²) in [6, 6.07) is 23.1. The van der Waals surface area contributed by atoms with E-state index < -0.39 is 16.7 Å². The van der Waals surface area contributed by atoms with Gasteiger partial charge in [0, 0.05) is 12.1 Å². The van der Waals surface area contributed by atoms with Gasteiger partial charge in [0.1, 0.15) is 11.1 Å². The summed E-state index contributed by atoms with van der Waals surface area (Å²) < 4.78 is 0. The summed E-state index contributed by atoms with van der Waals surface area (Å²) in [5.41, 5.74) is -2.09. The Morgan fingerprint density at radius 2 is 1.33 bits per heavy atom. The molecule has 7 rings (SSSR count). The average Bonchev–Trinajstić information content (AvgIpc) is 3.21. The number of ketones is 1. The molecule has 4 aromatic carbocycles. The Bertz CT molecular complexity index is 1450. The van der Waals surface area contributed by atoms with E-state index in [9.17, 15) is 15.0 Å². The maximum absolute atomic E-state index is 14.2. The Morgan fingerprint density at radius 1 is 0.767 bits per heavy atom. The summed E-state index contributed by atoms with van der Waals surface area (Å²) in [5, 5.41) is 28.4. The van der Waals surface area contributed by atoms with E-state index in [1.807, 2.05) is 84.7 Å². The molecule has 0 saturated carbocycles. The van der Waals surface area contributed by atoms with Gasteiger partial charge in [0.15, 0.2) is 11.4 Å². The van der Waals surface area contributed by atoms with Crippen LogP contribution in [0.25, 0.3) is 21.5 Å². The van der Waals surface area contributed by atoms with Gasteiger partial charge in [-0.2, -0.15) is 0 Å². The van der Waals surface area contributed by atoms with Crippen LogP contribution >= 0.6 is 0 Å². The number of β-amino-alcohol motifs (C(OH)–C–C–N with tert-alkyl or cyclic N) is 1. The smallest absolute Gasteiger partial charge is 0.191 e. The molecule has 1 heterocycles. The van der Waals surface area contributed by atoms with Gasteiger partial charge in [0.2, 0.25) is 0 Å². The van der Waals surface area contributed by atoms with Crippen LogP contribution in [0.1, 0.15) is 27.0 Å². The Kier molecular flexibility index (Phi) is 2.68. The number of nitrogens with zero attached hydrogens (tertiary/aromatic N) is 1. The molecule has 2 N–H and O–H groups in total. The highest BCUT2D eigenvalue weighted by Crippen LogP contribution is 2.68. The molecule has 146 valence electrons. The molecule has 0 bridgehead atoms. The van der Waals surface area contributed by atoms with Crippen molar-refractivity contribution in [3.8, 4) is 0 Å². The van der Waals surface area contributed by atoms with Gasteiger partial charge in [0.25, 0.3) is 0 Å². The minimum Gasteiger partial charge on any atom is -0.380 e. The Balaban J connectivity index is 1.68.